The fourth-order valence-corrected chi connectivity index (χ4v) is 4.32. The maximum absolute atomic E-state index is 13.2. The first kappa shape index (κ1) is 24.3. The van der Waals surface area contributed by atoms with E-state index >= 15 is 0 Å². The molecule has 0 aliphatic heterocycles. The van der Waals surface area contributed by atoms with Crippen molar-refractivity contribution in [1.29, 1.82) is 0 Å². The standard InChI is InChI=1S/C23H20F3NO5S/c1-27(33(30,31)19-8-3-2-4-9-19)14-16-10-11-21(32-15-22(28)29)20(12-16)17-6-5-7-18(13-17)23(24,25)26/h2-13H,14-15H2,1H3,(H,28,29). The van der Waals surface area contributed by atoms with E-state index in [0.29, 0.717) is 5.56 Å². The number of carboxylic acid groups (broad SMARTS) is 1. The molecule has 0 aliphatic rings. The van der Waals surface area contributed by atoms with E-state index in [1.807, 2.05) is 0 Å². The second kappa shape index (κ2) is 9.63. The molecule has 0 heterocycles. The zero-order valence-corrected chi connectivity index (χ0v) is 18.2. The Morgan fingerprint density at radius 2 is 1.70 bits per heavy atom. The van der Waals surface area contributed by atoms with Crippen molar-refractivity contribution in [2.24, 2.45) is 0 Å². The molecule has 174 valence electrons. The molecule has 0 bridgehead atoms. The number of nitrogens with zero attached hydrogens (tertiary/aromatic N) is 1. The third-order valence-corrected chi connectivity index (χ3v) is 6.57. The number of sulfonamides is 1. The number of halogens is 3. The van der Waals surface area contributed by atoms with E-state index < -0.39 is 34.3 Å². The Hall–Kier alpha value is -3.37. The van der Waals surface area contributed by atoms with Gasteiger partial charge in [0.2, 0.25) is 10.0 Å². The molecule has 0 saturated carbocycles. The van der Waals surface area contributed by atoms with E-state index in [4.69, 9.17) is 9.84 Å². The molecule has 0 fully saturated rings. The van der Waals surface area contributed by atoms with Crippen molar-refractivity contribution in [3.05, 3.63) is 83.9 Å². The van der Waals surface area contributed by atoms with Gasteiger partial charge in [0.05, 0.1) is 10.5 Å². The molecule has 0 spiro atoms. The Morgan fingerprint density at radius 3 is 2.33 bits per heavy atom. The Labute approximate surface area is 188 Å². The normalized spacial score (nSPS) is 12.0. The number of benzene rings is 3. The number of aliphatic carboxylic acids is 1. The highest BCUT2D eigenvalue weighted by Gasteiger charge is 2.30. The molecule has 6 nitrogen and oxygen atoms in total. The predicted molar refractivity (Wildman–Crippen MR) is 115 cm³/mol. The van der Waals surface area contributed by atoms with Crippen LogP contribution in [0.15, 0.2) is 77.7 Å². The van der Waals surface area contributed by atoms with E-state index in [2.05, 4.69) is 0 Å². The molecule has 10 heteroatoms. The van der Waals surface area contributed by atoms with Crippen molar-refractivity contribution >= 4 is 16.0 Å². The number of carbonyl (C=O) groups is 1. The lowest BCUT2D eigenvalue weighted by Gasteiger charge is -2.19. The molecular formula is C23H20F3NO5S. The molecule has 0 unspecified atom stereocenters. The number of hydrogen-bond donors (Lipinski definition) is 1. The second-order valence-electron chi connectivity index (χ2n) is 7.17. The maximum Gasteiger partial charge on any atom is 0.416 e. The fourth-order valence-electron chi connectivity index (χ4n) is 3.14. The predicted octanol–water partition coefficient (Wildman–Crippen LogP) is 4.66. The summed E-state index contributed by atoms with van der Waals surface area (Å²) in [5.74, 6) is -1.18. The lowest BCUT2D eigenvalue weighted by molar-refractivity contribution is -0.139. The highest BCUT2D eigenvalue weighted by Crippen LogP contribution is 2.36. The molecule has 0 atom stereocenters. The van der Waals surface area contributed by atoms with Crippen LogP contribution in [-0.2, 0) is 27.5 Å². The number of hydrogen-bond acceptors (Lipinski definition) is 4. The average Bonchev–Trinajstić information content (AvgIpc) is 2.78. The first-order chi connectivity index (χ1) is 15.5. The van der Waals surface area contributed by atoms with Crippen molar-refractivity contribution in [3.63, 3.8) is 0 Å². The third kappa shape index (κ3) is 5.91. The molecule has 0 aromatic heterocycles. The Bertz CT molecular complexity index is 1240. The lowest BCUT2D eigenvalue weighted by Crippen LogP contribution is -2.26. The van der Waals surface area contributed by atoms with Crippen LogP contribution in [0.25, 0.3) is 11.1 Å². The van der Waals surface area contributed by atoms with Gasteiger partial charge in [-0.05, 0) is 47.5 Å². The van der Waals surface area contributed by atoms with E-state index in [1.165, 1.54) is 49.5 Å². The molecule has 3 aromatic rings. The molecule has 0 radical (unpaired) electrons. The topological polar surface area (TPSA) is 83.9 Å². The van der Waals surface area contributed by atoms with Crippen LogP contribution in [0.1, 0.15) is 11.1 Å². The third-order valence-electron chi connectivity index (χ3n) is 4.75. The van der Waals surface area contributed by atoms with Gasteiger partial charge in [-0.1, -0.05) is 36.4 Å². The summed E-state index contributed by atoms with van der Waals surface area (Å²) in [4.78, 5) is 11.0. The molecule has 0 aliphatic carbocycles. The zero-order valence-electron chi connectivity index (χ0n) is 17.4. The van der Waals surface area contributed by atoms with Crippen LogP contribution in [0.5, 0.6) is 5.75 Å². The SMILES string of the molecule is CN(Cc1ccc(OCC(=O)O)c(-c2cccc(C(F)(F)F)c2)c1)S(=O)(=O)c1ccccc1. The highest BCUT2D eigenvalue weighted by molar-refractivity contribution is 7.89. The number of rotatable bonds is 8. The largest absolute Gasteiger partial charge is 0.481 e. The van der Waals surface area contributed by atoms with Gasteiger partial charge in [-0.3, -0.25) is 0 Å². The van der Waals surface area contributed by atoms with Gasteiger partial charge in [0, 0.05) is 19.2 Å². The second-order valence-corrected chi connectivity index (χ2v) is 9.21. The minimum Gasteiger partial charge on any atom is -0.481 e. The minimum atomic E-state index is -4.57. The van der Waals surface area contributed by atoms with Crippen molar-refractivity contribution in [1.82, 2.24) is 4.31 Å². The summed E-state index contributed by atoms with van der Waals surface area (Å²) in [7, 11) is -2.41. The summed E-state index contributed by atoms with van der Waals surface area (Å²) >= 11 is 0. The van der Waals surface area contributed by atoms with Crippen molar-refractivity contribution in [2.45, 2.75) is 17.6 Å². The molecule has 0 saturated heterocycles. The van der Waals surface area contributed by atoms with Gasteiger partial charge in [0.1, 0.15) is 5.75 Å². The quantitative estimate of drug-likeness (QED) is 0.508. The Balaban J connectivity index is 1.99. The van der Waals surface area contributed by atoms with Gasteiger partial charge in [0.25, 0.3) is 0 Å². The summed E-state index contributed by atoms with van der Waals surface area (Å²) in [5, 5.41) is 8.91. The van der Waals surface area contributed by atoms with E-state index in [-0.39, 0.29) is 28.3 Å². The Kier molecular flexibility index (Phi) is 7.09. The van der Waals surface area contributed by atoms with E-state index in [9.17, 15) is 26.4 Å². The van der Waals surface area contributed by atoms with Gasteiger partial charge >= 0.3 is 12.1 Å². The van der Waals surface area contributed by atoms with Crippen molar-refractivity contribution in [3.8, 4) is 16.9 Å². The van der Waals surface area contributed by atoms with Crippen LogP contribution in [0, 0.1) is 0 Å². The van der Waals surface area contributed by atoms with E-state index in [0.717, 1.165) is 16.4 Å². The number of ether oxygens (including phenoxy) is 1. The fraction of sp³-hybridized carbons (Fsp3) is 0.174. The maximum atomic E-state index is 13.2. The van der Waals surface area contributed by atoms with Crippen LogP contribution in [0.2, 0.25) is 0 Å². The summed E-state index contributed by atoms with van der Waals surface area (Å²) in [6, 6.07) is 16.8. The lowest BCUT2D eigenvalue weighted by atomic mass is 9.99. The average molecular weight is 479 g/mol. The van der Waals surface area contributed by atoms with Gasteiger partial charge < -0.3 is 9.84 Å². The first-order valence-corrected chi connectivity index (χ1v) is 11.1. The van der Waals surface area contributed by atoms with Crippen LogP contribution in [-0.4, -0.2) is 37.5 Å². The van der Waals surface area contributed by atoms with Crippen molar-refractivity contribution in [2.75, 3.05) is 13.7 Å². The van der Waals surface area contributed by atoms with Crippen LogP contribution >= 0.6 is 0 Å². The van der Waals surface area contributed by atoms with Crippen LogP contribution in [0.3, 0.4) is 0 Å². The highest BCUT2D eigenvalue weighted by atomic mass is 32.2. The number of carboxylic acids is 1. The van der Waals surface area contributed by atoms with E-state index in [1.54, 1.807) is 18.2 Å². The van der Waals surface area contributed by atoms with Crippen molar-refractivity contribution < 1.29 is 36.2 Å². The molecule has 33 heavy (non-hydrogen) atoms. The van der Waals surface area contributed by atoms with Gasteiger partial charge in [-0.15, -0.1) is 0 Å². The zero-order chi connectivity index (χ0) is 24.2. The smallest absolute Gasteiger partial charge is 0.416 e. The van der Waals surface area contributed by atoms with Gasteiger partial charge in [0.15, 0.2) is 6.61 Å². The molecule has 3 aromatic carbocycles. The molecule has 3 rings (SSSR count). The molecule has 0 amide bonds. The van der Waals surface area contributed by atoms with Crippen LogP contribution in [0.4, 0.5) is 13.2 Å². The number of alkyl halides is 3. The Morgan fingerprint density at radius 1 is 1.00 bits per heavy atom. The summed E-state index contributed by atoms with van der Waals surface area (Å²) in [6.45, 7) is -0.754. The monoisotopic (exact) mass is 479 g/mol. The summed E-state index contributed by atoms with van der Waals surface area (Å²) < 4.78 is 71.6. The molecular weight excluding hydrogens is 459 g/mol. The minimum absolute atomic E-state index is 0.0639. The summed E-state index contributed by atoms with van der Waals surface area (Å²) in [5.41, 5.74) is -0.0311. The first-order valence-electron chi connectivity index (χ1n) is 9.65. The molecule has 1 N–H and O–H groups in total. The summed E-state index contributed by atoms with van der Waals surface area (Å²) in [6.07, 6.45) is -4.57. The van der Waals surface area contributed by atoms with Gasteiger partial charge in [-0.2, -0.15) is 17.5 Å². The van der Waals surface area contributed by atoms with Gasteiger partial charge in [-0.25, -0.2) is 13.2 Å². The van der Waals surface area contributed by atoms with Crippen LogP contribution < -0.4 is 4.74 Å².